The monoisotopic (exact) mass is 302 g/mol. The van der Waals surface area contributed by atoms with E-state index < -0.39 is 9.05 Å². The number of aryl methyl sites for hydroxylation is 1. The summed E-state index contributed by atoms with van der Waals surface area (Å²) >= 11 is 0. The first-order valence-corrected chi connectivity index (χ1v) is 8.44. The van der Waals surface area contributed by atoms with Crippen LogP contribution in [-0.4, -0.2) is 36.5 Å². The minimum Gasteiger partial charge on any atom is -0.336 e. The van der Waals surface area contributed by atoms with Crippen LogP contribution in [0.25, 0.3) is 0 Å². The Hall–Kier alpha value is -1.14. The van der Waals surface area contributed by atoms with Gasteiger partial charge in [0.05, 0.1) is 18.0 Å². The number of hydrogen-bond acceptors (Lipinski definition) is 4. The fraction of sp³-hybridized carbons (Fsp3) is 0.500. The maximum Gasteiger partial charge on any atom is 0.232 e. The zero-order valence-corrected chi connectivity index (χ0v) is 12.1. The minimum absolute atomic E-state index is 0.0476. The number of hydrogen-bond donors (Lipinski definition) is 0. The molecular formula is C12H15ClN2O3S. The van der Waals surface area contributed by atoms with E-state index in [-0.39, 0.29) is 24.0 Å². The van der Waals surface area contributed by atoms with E-state index in [1.807, 2.05) is 25.1 Å². The minimum atomic E-state index is -3.56. The van der Waals surface area contributed by atoms with Gasteiger partial charge in [0.2, 0.25) is 15.0 Å². The van der Waals surface area contributed by atoms with Gasteiger partial charge in [-0.25, -0.2) is 8.42 Å². The molecule has 2 heterocycles. The lowest BCUT2D eigenvalue weighted by atomic mass is 10.1. The highest BCUT2D eigenvalue weighted by Gasteiger charge is 2.32. The lowest BCUT2D eigenvalue weighted by Gasteiger charge is -2.16. The lowest BCUT2D eigenvalue weighted by Crippen LogP contribution is -2.25. The van der Waals surface area contributed by atoms with Crippen LogP contribution in [0.5, 0.6) is 0 Å². The van der Waals surface area contributed by atoms with Crippen molar-refractivity contribution < 1.29 is 13.2 Å². The van der Waals surface area contributed by atoms with Gasteiger partial charge in [-0.15, -0.1) is 0 Å². The van der Waals surface area contributed by atoms with Crippen LogP contribution in [0.15, 0.2) is 18.2 Å². The average molecular weight is 303 g/mol. The SMILES string of the molecule is Cc1cccc(CN2CC(CS(=O)(=O)Cl)CC2=O)n1. The molecule has 0 aliphatic carbocycles. The normalized spacial score (nSPS) is 20.0. The second-order valence-corrected chi connectivity index (χ2v) is 7.64. The van der Waals surface area contributed by atoms with Gasteiger partial charge in [0, 0.05) is 35.3 Å². The third kappa shape index (κ3) is 4.18. The standard InChI is InChI=1S/C12H15ClN2O3S/c1-9-3-2-4-11(14-9)7-15-6-10(5-12(15)16)8-19(13,17)18/h2-4,10H,5-8H2,1H3. The quantitative estimate of drug-likeness (QED) is 0.786. The van der Waals surface area contributed by atoms with Gasteiger partial charge in [-0.3, -0.25) is 9.78 Å². The molecular weight excluding hydrogens is 288 g/mol. The molecule has 1 unspecified atom stereocenters. The largest absolute Gasteiger partial charge is 0.336 e. The van der Waals surface area contributed by atoms with Gasteiger partial charge in [-0.1, -0.05) is 6.07 Å². The Bertz CT molecular complexity index is 588. The van der Waals surface area contributed by atoms with Crippen molar-refractivity contribution in [2.24, 2.45) is 5.92 Å². The highest BCUT2D eigenvalue weighted by atomic mass is 35.7. The summed E-state index contributed by atoms with van der Waals surface area (Å²) in [7, 11) is 1.66. The molecule has 0 N–H and O–H groups in total. The molecule has 1 atom stereocenters. The fourth-order valence-corrected chi connectivity index (χ4v) is 3.60. The molecule has 104 valence electrons. The van der Waals surface area contributed by atoms with Gasteiger partial charge >= 0.3 is 0 Å². The Balaban J connectivity index is 2.01. The molecule has 1 aliphatic heterocycles. The van der Waals surface area contributed by atoms with Crippen LogP contribution in [0, 0.1) is 12.8 Å². The molecule has 19 heavy (non-hydrogen) atoms. The van der Waals surface area contributed by atoms with Crippen LogP contribution in [0.3, 0.4) is 0 Å². The van der Waals surface area contributed by atoms with Crippen LogP contribution in [0.2, 0.25) is 0 Å². The van der Waals surface area contributed by atoms with Crippen molar-refractivity contribution in [3.8, 4) is 0 Å². The molecule has 2 rings (SSSR count). The second kappa shape index (κ2) is 5.46. The highest BCUT2D eigenvalue weighted by Crippen LogP contribution is 2.22. The average Bonchev–Trinajstić information content (AvgIpc) is 2.56. The molecule has 1 aromatic rings. The first-order valence-electron chi connectivity index (χ1n) is 5.96. The lowest BCUT2D eigenvalue weighted by molar-refractivity contribution is -0.128. The Morgan fingerprint density at radius 3 is 2.84 bits per heavy atom. The highest BCUT2D eigenvalue weighted by molar-refractivity contribution is 8.13. The van der Waals surface area contributed by atoms with Crippen molar-refractivity contribution in [1.82, 2.24) is 9.88 Å². The molecule has 7 heteroatoms. The smallest absolute Gasteiger partial charge is 0.232 e. The number of halogens is 1. The van der Waals surface area contributed by atoms with Gasteiger partial charge in [-0.05, 0) is 19.1 Å². The maximum atomic E-state index is 11.8. The predicted molar refractivity (Wildman–Crippen MR) is 72.1 cm³/mol. The third-order valence-corrected chi connectivity index (χ3v) is 4.28. The summed E-state index contributed by atoms with van der Waals surface area (Å²) in [5.74, 6) is -0.425. The number of likely N-dealkylation sites (tertiary alicyclic amines) is 1. The Labute approximate surface area is 117 Å². The van der Waals surface area contributed by atoms with Crippen LogP contribution in [0.1, 0.15) is 17.8 Å². The molecule has 0 saturated carbocycles. The molecule has 1 aliphatic rings. The van der Waals surface area contributed by atoms with E-state index in [2.05, 4.69) is 4.98 Å². The summed E-state index contributed by atoms with van der Waals surface area (Å²) < 4.78 is 22.1. The fourth-order valence-electron chi connectivity index (χ4n) is 2.28. The van der Waals surface area contributed by atoms with Crippen molar-refractivity contribution in [3.63, 3.8) is 0 Å². The summed E-state index contributed by atoms with van der Waals surface area (Å²) in [4.78, 5) is 17.8. The Morgan fingerprint density at radius 2 is 2.21 bits per heavy atom. The Kier molecular flexibility index (Phi) is 4.10. The van der Waals surface area contributed by atoms with Gasteiger partial charge in [-0.2, -0.15) is 0 Å². The molecule has 1 saturated heterocycles. The van der Waals surface area contributed by atoms with Gasteiger partial charge in [0.1, 0.15) is 0 Å². The zero-order valence-electron chi connectivity index (χ0n) is 10.5. The summed E-state index contributed by atoms with van der Waals surface area (Å²) in [5, 5.41) is 0. The number of pyridine rings is 1. The van der Waals surface area contributed by atoms with E-state index in [0.29, 0.717) is 13.1 Å². The topological polar surface area (TPSA) is 67.3 Å². The summed E-state index contributed by atoms with van der Waals surface area (Å²) in [6.07, 6.45) is 0.234. The molecule has 0 bridgehead atoms. The number of carbonyl (C=O) groups is 1. The third-order valence-electron chi connectivity index (χ3n) is 3.03. The van der Waals surface area contributed by atoms with Gasteiger partial charge in [0.25, 0.3) is 0 Å². The number of amides is 1. The number of carbonyl (C=O) groups excluding carboxylic acids is 1. The van der Waals surface area contributed by atoms with Crippen molar-refractivity contribution in [2.75, 3.05) is 12.3 Å². The molecule has 1 amide bonds. The van der Waals surface area contributed by atoms with Crippen LogP contribution >= 0.6 is 10.7 Å². The van der Waals surface area contributed by atoms with Gasteiger partial charge < -0.3 is 4.90 Å². The van der Waals surface area contributed by atoms with Crippen molar-refractivity contribution in [2.45, 2.75) is 19.9 Å². The van der Waals surface area contributed by atoms with E-state index >= 15 is 0 Å². The molecule has 5 nitrogen and oxygen atoms in total. The van der Waals surface area contributed by atoms with E-state index in [4.69, 9.17) is 10.7 Å². The van der Waals surface area contributed by atoms with Crippen molar-refractivity contribution >= 4 is 25.6 Å². The Morgan fingerprint density at radius 1 is 1.47 bits per heavy atom. The second-order valence-electron chi connectivity index (χ2n) is 4.82. The molecule has 1 fully saturated rings. The van der Waals surface area contributed by atoms with E-state index in [0.717, 1.165) is 11.4 Å². The van der Waals surface area contributed by atoms with Crippen molar-refractivity contribution in [3.05, 3.63) is 29.6 Å². The zero-order chi connectivity index (χ0) is 14.0. The number of rotatable bonds is 4. The molecule has 1 aromatic heterocycles. The van der Waals surface area contributed by atoms with Crippen LogP contribution in [0.4, 0.5) is 0 Å². The number of aromatic nitrogens is 1. The molecule has 0 aromatic carbocycles. The summed E-state index contributed by atoms with van der Waals surface area (Å²) in [6.45, 7) is 2.72. The van der Waals surface area contributed by atoms with Crippen molar-refractivity contribution in [1.29, 1.82) is 0 Å². The predicted octanol–water partition coefficient (Wildman–Crippen LogP) is 1.31. The molecule has 0 spiro atoms. The maximum absolute atomic E-state index is 11.8. The van der Waals surface area contributed by atoms with E-state index in [9.17, 15) is 13.2 Å². The summed E-state index contributed by atoms with van der Waals surface area (Å²) in [6, 6.07) is 5.63. The van der Waals surface area contributed by atoms with Gasteiger partial charge in [0.15, 0.2) is 0 Å². The van der Waals surface area contributed by atoms with Crippen LogP contribution in [-0.2, 0) is 20.4 Å². The van der Waals surface area contributed by atoms with Crippen LogP contribution < -0.4 is 0 Å². The number of nitrogens with zero attached hydrogens (tertiary/aromatic N) is 2. The van der Waals surface area contributed by atoms with E-state index in [1.54, 1.807) is 4.90 Å². The first-order chi connectivity index (χ1) is 8.83. The first kappa shape index (κ1) is 14.3. The summed E-state index contributed by atoms with van der Waals surface area (Å²) in [5.41, 5.74) is 1.70. The van der Waals surface area contributed by atoms with E-state index in [1.165, 1.54) is 0 Å². The molecule has 0 radical (unpaired) electrons.